The molecule has 0 radical (unpaired) electrons. The summed E-state index contributed by atoms with van der Waals surface area (Å²) < 4.78 is 0. The molecule has 2 aromatic rings. The predicted molar refractivity (Wildman–Crippen MR) is 88.6 cm³/mol. The van der Waals surface area contributed by atoms with E-state index in [1.165, 1.54) is 11.1 Å². The van der Waals surface area contributed by atoms with Gasteiger partial charge in [0.15, 0.2) is 0 Å². The third kappa shape index (κ3) is 3.19. The van der Waals surface area contributed by atoms with Crippen LogP contribution in [-0.4, -0.2) is 28.9 Å². The quantitative estimate of drug-likeness (QED) is 0.844. The molecule has 0 bridgehead atoms. The number of amides is 1. The number of carbonyl (C=O) groups is 1. The van der Waals surface area contributed by atoms with E-state index in [4.69, 9.17) is 0 Å². The number of pyridine rings is 1. The zero-order valence-electron chi connectivity index (χ0n) is 13.2. The summed E-state index contributed by atoms with van der Waals surface area (Å²) in [6, 6.07) is 12.8. The summed E-state index contributed by atoms with van der Waals surface area (Å²) in [6.45, 7) is 5.42. The highest BCUT2D eigenvalue weighted by atomic mass is 16.2. The minimum absolute atomic E-state index is 0.168. The molecule has 1 aliphatic heterocycles. The molecular weight excluding hydrogens is 272 g/mol. The molecule has 114 valence electrons. The maximum Gasteiger partial charge on any atom is 0.219 e. The van der Waals surface area contributed by atoms with Crippen LogP contribution >= 0.6 is 0 Å². The van der Waals surface area contributed by atoms with E-state index in [1.54, 1.807) is 6.92 Å². The number of hydrogen-bond acceptors (Lipinski definition) is 2. The first-order chi connectivity index (χ1) is 10.6. The van der Waals surface area contributed by atoms with Gasteiger partial charge < -0.3 is 4.90 Å². The Labute approximate surface area is 132 Å². The molecule has 1 aromatic carbocycles. The lowest BCUT2D eigenvalue weighted by molar-refractivity contribution is -0.130. The van der Waals surface area contributed by atoms with E-state index >= 15 is 0 Å². The minimum atomic E-state index is 0.168. The number of likely N-dealkylation sites (tertiary alicyclic amines) is 1. The number of aryl methyl sites for hydroxylation is 1. The third-order valence-electron chi connectivity index (χ3n) is 4.46. The zero-order valence-corrected chi connectivity index (χ0v) is 13.2. The molecule has 1 atom stereocenters. The van der Waals surface area contributed by atoms with Crippen molar-refractivity contribution in [3.8, 4) is 11.1 Å². The smallest absolute Gasteiger partial charge is 0.219 e. The lowest BCUT2D eigenvalue weighted by atomic mass is 9.93. The Balaban J connectivity index is 1.76. The van der Waals surface area contributed by atoms with Crippen molar-refractivity contribution in [1.29, 1.82) is 0 Å². The largest absolute Gasteiger partial charge is 0.342 e. The average molecular weight is 294 g/mol. The van der Waals surface area contributed by atoms with Crippen molar-refractivity contribution >= 4 is 5.91 Å². The molecule has 1 unspecified atom stereocenters. The minimum Gasteiger partial charge on any atom is -0.342 e. The van der Waals surface area contributed by atoms with Gasteiger partial charge in [-0.15, -0.1) is 0 Å². The van der Waals surface area contributed by atoms with E-state index in [0.717, 1.165) is 37.2 Å². The number of carbonyl (C=O) groups excluding carboxylic acids is 1. The average Bonchev–Trinajstić information content (AvgIpc) is 2.56. The Bertz CT molecular complexity index is 646. The first-order valence-corrected chi connectivity index (χ1v) is 7.92. The molecule has 3 rings (SSSR count). The molecule has 0 N–H and O–H groups in total. The molecule has 2 heterocycles. The Morgan fingerprint density at radius 1 is 1.14 bits per heavy atom. The Kier molecular flexibility index (Phi) is 4.23. The third-order valence-corrected chi connectivity index (χ3v) is 4.46. The van der Waals surface area contributed by atoms with E-state index in [-0.39, 0.29) is 5.91 Å². The summed E-state index contributed by atoms with van der Waals surface area (Å²) >= 11 is 0. The van der Waals surface area contributed by atoms with Crippen molar-refractivity contribution in [2.75, 3.05) is 13.1 Å². The van der Waals surface area contributed by atoms with Crippen LogP contribution in [0.1, 0.15) is 36.9 Å². The van der Waals surface area contributed by atoms with Gasteiger partial charge in [-0.1, -0.05) is 35.9 Å². The van der Waals surface area contributed by atoms with E-state index in [2.05, 4.69) is 48.3 Å². The summed E-state index contributed by atoms with van der Waals surface area (Å²) in [7, 11) is 0. The molecule has 1 fully saturated rings. The molecule has 0 spiro atoms. The number of benzene rings is 1. The first kappa shape index (κ1) is 14.8. The number of nitrogens with zero attached hydrogens (tertiary/aromatic N) is 2. The van der Waals surface area contributed by atoms with Crippen LogP contribution in [-0.2, 0) is 4.79 Å². The summed E-state index contributed by atoms with van der Waals surface area (Å²) in [6.07, 6.45) is 4.12. The van der Waals surface area contributed by atoms with Crippen LogP contribution in [0.4, 0.5) is 0 Å². The Hall–Kier alpha value is -2.16. The van der Waals surface area contributed by atoms with Gasteiger partial charge in [0.05, 0.1) is 0 Å². The molecule has 0 saturated carbocycles. The molecule has 1 amide bonds. The summed E-state index contributed by atoms with van der Waals surface area (Å²) in [5.41, 5.74) is 4.70. The number of aromatic nitrogens is 1. The second-order valence-corrected chi connectivity index (χ2v) is 6.14. The molecule has 22 heavy (non-hydrogen) atoms. The fourth-order valence-electron chi connectivity index (χ4n) is 3.07. The van der Waals surface area contributed by atoms with Crippen LogP contribution in [0.5, 0.6) is 0 Å². The maximum atomic E-state index is 11.5. The van der Waals surface area contributed by atoms with E-state index in [0.29, 0.717) is 5.92 Å². The molecule has 3 heteroatoms. The summed E-state index contributed by atoms with van der Waals surface area (Å²) in [5, 5.41) is 0. The van der Waals surface area contributed by atoms with Crippen LogP contribution in [0.25, 0.3) is 11.1 Å². The summed E-state index contributed by atoms with van der Waals surface area (Å²) in [5.74, 6) is 0.533. The van der Waals surface area contributed by atoms with Crippen molar-refractivity contribution in [1.82, 2.24) is 9.88 Å². The molecular formula is C19H22N2O. The molecule has 1 aromatic heterocycles. The lowest BCUT2D eigenvalue weighted by Gasteiger charge is -2.31. The summed E-state index contributed by atoms with van der Waals surface area (Å²) in [4.78, 5) is 18.1. The standard InChI is InChI=1S/C19H22N2O/c1-14-5-7-16(8-6-14)17-9-10-19(20-12-17)18-4-3-11-21(13-18)15(2)22/h5-10,12,18H,3-4,11,13H2,1-2H3. The van der Waals surface area contributed by atoms with Crippen molar-refractivity contribution in [3.63, 3.8) is 0 Å². The fraction of sp³-hybridized carbons (Fsp3) is 0.368. The SMILES string of the molecule is CC(=O)N1CCCC(c2ccc(-c3ccc(C)cc3)cn2)C1. The van der Waals surface area contributed by atoms with Gasteiger partial charge in [-0.2, -0.15) is 0 Å². The van der Waals surface area contributed by atoms with Crippen LogP contribution in [0.3, 0.4) is 0 Å². The van der Waals surface area contributed by atoms with Crippen molar-refractivity contribution in [3.05, 3.63) is 53.9 Å². The van der Waals surface area contributed by atoms with Gasteiger partial charge in [0, 0.05) is 43.4 Å². The van der Waals surface area contributed by atoms with Crippen LogP contribution in [0.2, 0.25) is 0 Å². The Morgan fingerprint density at radius 3 is 2.50 bits per heavy atom. The van der Waals surface area contributed by atoms with E-state index in [1.807, 2.05) is 11.1 Å². The van der Waals surface area contributed by atoms with Gasteiger partial charge in [0.25, 0.3) is 0 Å². The number of hydrogen-bond donors (Lipinski definition) is 0. The van der Waals surface area contributed by atoms with Gasteiger partial charge in [-0.25, -0.2) is 0 Å². The second kappa shape index (κ2) is 6.30. The highest BCUT2D eigenvalue weighted by Gasteiger charge is 2.23. The molecule has 1 aliphatic rings. The predicted octanol–water partition coefficient (Wildman–Crippen LogP) is 3.78. The van der Waals surface area contributed by atoms with E-state index in [9.17, 15) is 4.79 Å². The number of piperidine rings is 1. The molecule has 3 nitrogen and oxygen atoms in total. The monoisotopic (exact) mass is 294 g/mol. The van der Waals surface area contributed by atoms with Crippen LogP contribution in [0, 0.1) is 6.92 Å². The zero-order chi connectivity index (χ0) is 15.5. The van der Waals surface area contributed by atoms with Crippen molar-refractivity contribution in [2.24, 2.45) is 0 Å². The van der Waals surface area contributed by atoms with E-state index < -0.39 is 0 Å². The fourth-order valence-corrected chi connectivity index (χ4v) is 3.07. The topological polar surface area (TPSA) is 33.2 Å². The van der Waals surface area contributed by atoms with Crippen molar-refractivity contribution in [2.45, 2.75) is 32.6 Å². The van der Waals surface area contributed by atoms with Crippen LogP contribution < -0.4 is 0 Å². The molecule has 1 saturated heterocycles. The first-order valence-electron chi connectivity index (χ1n) is 7.92. The van der Waals surface area contributed by atoms with Gasteiger partial charge in [0.1, 0.15) is 0 Å². The molecule has 0 aliphatic carbocycles. The lowest BCUT2D eigenvalue weighted by Crippen LogP contribution is -2.37. The second-order valence-electron chi connectivity index (χ2n) is 6.14. The van der Waals surface area contributed by atoms with Gasteiger partial charge in [-0.05, 0) is 31.4 Å². The Morgan fingerprint density at radius 2 is 1.86 bits per heavy atom. The van der Waals surface area contributed by atoms with Gasteiger partial charge >= 0.3 is 0 Å². The number of rotatable bonds is 2. The highest BCUT2D eigenvalue weighted by molar-refractivity contribution is 5.73. The van der Waals surface area contributed by atoms with Gasteiger partial charge in [0.2, 0.25) is 5.91 Å². The van der Waals surface area contributed by atoms with Crippen LogP contribution in [0.15, 0.2) is 42.6 Å². The highest BCUT2D eigenvalue weighted by Crippen LogP contribution is 2.27. The maximum absolute atomic E-state index is 11.5. The van der Waals surface area contributed by atoms with Gasteiger partial charge in [-0.3, -0.25) is 9.78 Å². The normalized spacial score (nSPS) is 18.3. The van der Waals surface area contributed by atoms with Crippen molar-refractivity contribution < 1.29 is 4.79 Å².